The summed E-state index contributed by atoms with van der Waals surface area (Å²) in [5, 5.41) is 10.7. The molecular weight excluding hydrogens is 206 g/mol. The van der Waals surface area contributed by atoms with E-state index >= 15 is 0 Å². The Labute approximate surface area is 95.1 Å². The maximum Gasteiger partial charge on any atom is 0.0635 e. The van der Waals surface area contributed by atoms with Crippen LogP contribution in [-0.2, 0) is 0 Å². The van der Waals surface area contributed by atoms with Crippen LogP contribution >= 0.6 is 11.3 Å². The molecule has 1 aromatic heterocycles. The van der Waals surface area contributed by atoms with Crippen LogP contribution in [0.2, 0.25) is 0 Å². The molecule has 0 aliphatic heterocycles. The van der Waals surface area contributed by atoms with Gasteiger partial charge in [-0.3, -0.25) is 4.90 Å². The van der Waals surface area contributed by atoms with Crippen LogP contribution in [0.3, 0.4) is 0 Å². The molecule has 15 heavy (non-hydrogen) atoms. The van der Waals surface area contributed by atoms with Crippen molar-refractivity contribution in [2.24, 2.45) is 5.73 Å². The fraction of sp³-hybridized carbons (Fsp3) is 0.545. The number of nitrogens with two attached hydrogens (primary N) is 1. The zero-order valence-corrected chi connectivity index (χ0v) is 9.83. The molecule has 0 spiro atoms. The lowest BCUT2D eigenvalue weighted by Gasteiger charge is -2.28. The van der Waals surface area contributed by atoms with Crippen molar-refractivity contribution in [3.63, 3.8) is 0 Å². The Morgan fingerprint density at radius 1 is 1.67 bits per heavy atom. The third-order valence-corrected chi connectivity index (χ3v) is 3.43. The van der Waals surface area contributed by atoms with Crippen LogP contribution in [0.5, 0.6) is 0 Å². The van der Waals surface area contributed by atoms with Crippen LogP contribution in [0.25, 0.3) is 0 Å². The van der Waals surface area contributed by atoms with Crippen molar-refractivity contribution >= 4 is 11.3 Å². The van der Waals surface area contributed by atoms with Crippen LogP contribution in [-0.4, -0.2) is 24.5 Å². The number of thiophene rings is 1. The van der Waals surface area contributed by atoms with Crippen LogP contribution in [0.15, 0.2) is 17.5 Å². The number of nitrogens with zero attached hydrogens (tertiary/aromatic N) is 2. The molecule has 0 saturated heterocycles. The minimum absolute atomic E-state index is 0.267. The summed E-state index contributed by atoms with van der Waals surface area (Å²) in [5.41, 5.74) is 5.79. The third-order valence-electron chi connectivity index (χ3n) is 2.45. The molecule has 1 rings (SSSR count). The predicted molar refractivity (Wildman–Crippen MR) is 63.6 cm³/mol. The molecular formula is C11H17N3S. The van der Waals surface area contributed by atoms with E-state index in [1.165, 1.54) is 4.88 Å². The molecule has 1 heterocycles. The summed E-state index contributed by atoms with van der Waals surface area (Å²) >= 11 is 1.73. The van der Waals surface area contributed by atoms with Crippen LogP contribution in [0.1, 0.15) is 24.3 Å². The van der Waals surface area contributed by atoms with Gasteiger partial charge in [0.2, 0.25) is 0 Å². The highest BCUT2D eigenvalue weighted by Gasteiger charge is 2.17. The molecule has 0 fully saturated rings. The summed E-state index contributed by atoms with van der Waals surface area (Å²) in [7, 11) is 0. The molecule has 0 saturated carbocycles. The summed E-state index contributed by atoms with van der Waals surface area (Å²) < 4.78 is 0. The van der Waals surface area contributed by atoms with Crippen molar-refractivity contribution in [2.75, 3.05) is 19.6 Å². The Kier molecular flexibility index (Phi) is 5.33. The predicted octanol–water partition coefficient (Wildman–Crippen LogP) is 1.98. The van der Waals surface area contributed by atoms with E-state index in [4.69, 9.17) is 11.0 Å². The van der Waals surface area contributed by atoms with E-state index in [2.05, 4.69) is 29.3 Å². The highest BCUT2D eigenvalue weighted by atomic mass is 32.1. The minimum atomic E-state index is 0.267. The highest BCUT2D eigenvalue weighted by molar-refractivity contribution is 7.10. The smallest absolute Gasteiger partial charge is 0.0635 e. The van der Waals surface area contributed by atoms with Gasteiger partial charge in [0, 0.05) is 24.4 Å². The molecule has 0 amide bonds. The van der Waals surface area contributed by atoms with Crippen molar-refractivity contribution in [1.29, 1.82) is 5.26 Å². The Balaban J connectivity index is 2.67. The van der Waals surface area contributed by atoms with Crippen LogP contribution < -0.4 is 5.73 Å². The van der Waals surface area contributed by atoms with Crippen molar-refractivity contribution in [2.45, 2.75) is 19.4 Å². The maximum atomic E-state index is 8.59. The summed E-state index contributed by atoms with van der Waals surface area (Å²) in [6.07, 6.45) is 0.565. The van der Waals surface area contributed by atoms with Crippen molar-refractivity contribution in [3.05, 3.63) is 22.4 Å². The quantitative estimate of drug-likeness (QED) is 0.802. The van der Waals surface area contributed by atoms with Gasteiger partial charge in [0.05, 0.1) is 12.1 Å². The largest absolute Gasteiger partial charge is 0.329 e. The Bertz CT molecular complexity index is 302. The monoisotopic (exact) mass is 223 g/mol. The van der Waals surface area contributed by atoms with Gasteiger partial charge in [-0.15, -0.1) is 11.3 Å². The molecule has 2 N–H and O–H groups in total. The molecule has 4 heteroatoms. The van der Waals surface area contributed by atoms with E-state index in [0.29, 0.717) is 13.0 Å². The number of hydrogen-bond donors (Lipinski definition) is 1. The molecule has 3 nitrogen and oxygen atoms in total. The Morgan fingerprint density at radius 3 is 2.93 bits per heavy atom. The van der Waals surface area contributed by atoms with Gasteiger partial charge in [-0.1, -0.05) is 13.0 Å². The lowest BCUT2D eigenvalue weighted by atomic mass is 10.2. The van der Waals surface area contributed by atoms with E-state index < -0.39 is 0 Å². The Hall–Kier alpha value is -0.890. The number of nitriles is 1. The second kappa shape index (κ2) is 6.57. The Morgan fingerprint density at radius 2 is 2.47 bits per heavy atom. The summed E-state index contributed by atoms with van der Waals surface area (Å²) in [5.74, 6) is 0. The van der Waals surface area contributed by atoms with Gasteiger partial charge in [-0.25, -0.2) is 0 Å². The first kappa shape index (κ1) is 12.2. The van der Waals surface area contributed by atoms with E-state index in [-0.39, 0.29) is 6.04 Å². The fourth-order valence-corrected chi connectivity index (χ4v) is 2.53. The molecule has 0 radical (unpaired) electrons. The van der Waals surface area contributed by atoms with Crippen LogP contribution in [0, 0.1) is 11.3 Å². The number of hydrogen-bond acceptors (Lipinski definition) is 4. The van der Waals surface area contributed by atoms with E-state index in [9.17, 15) is 0 Å². The average molecular weight is 223 g/mol. The van der Waals surface area contributed by atoms with Crippen molar-refractivity contribution < 1.29 is 0 Å². The van der Waals surface area contributed by atoms with Gasteiger partial charge in [0.15, 0.2) is 0 Å². The molecule has 0 aromatic carbocycles. The van der Waals surface area contributed by atoms with E-state index in [0.717, 1.165) is 13.1 Å². The van der Waals surface area contributed by atoms with Gasteiger partial charge < -0.3 is 5.73 Å². The van der Waals surface area contributed by atoms with Crippen LogP contribution in [0.4, 0.5) is 0 Å². The van der Waals surface area contributed by atoms with Gasteiger partial charge in [-0.2, -0.15) is 5.26 Å². The van der Waals surface area contributed by atoms with Gasteiger partial charge in [-0.05, 0) is 18.0 Å². The average Bonchev–Trinajstić information content (AvgIpc) is 2.77. The standard InChI is InChI=1S/C11H17N3S/c1-2-14(7-4-6-12)10(9-13)11-5-3-8-15-11/h3,5,8,10H,2,4,7,9,13H2,1H3. The first-order valence-electron chi connectivity index (χ1n) is 5.18. The van der Waals surface area contributed by atoms with Gasteiger partial charge >= 0.3 is 0 Å². The van der Waals surface area contributed by atoms with Gasteiger partial charge in [0.1, 0.15) is 0 Å². The maximum absolute atomic E-state index is 8.59. The fourth-order valence-electron chi connectivity index (χ4n) is 1.65. The summed E-state index contributed by atoms with van der Waals surface area (Å²) in [6.45, 7) is 4.45. The van der Waals surface area contributed by atoms with E-state index in [1.807, 2.05) is 6.07 Å². The SMILES string of the molecule is CCN(CCC#N)C(CN)c1cccs1. The molecule has 0 bridgehead atoms. The van der Waals surface area contributed by atoms with Crippen molar-refractivity contribution in [3.8, 4) is 6.07 Å². The number of rotatable bonds is 6. The summed E-state index contributed by atoms with van der Waals surface area (Å²) in [6, 6.07) is 6.60. The zero-order valence-electron chi connectivity index (χ0n) is 9.02. The third kappa shape index (κ3) is 3.31. The normalized spacial score (nSPS) is 12.7. The first-order valence-corrected chi connectivity index (χ1v) is 6.05. The number of likely N-dealkylation sites (N-methyl/N-ethyl adjacent to an activating group) is 1. The minimum Gasteiger partial charge on any atom is -0.329 e. The second-order valence-corrected chi connectivity index (χ2v) is 4.28. The zero-order chi connectivity index (χ0) is 11.1. The topological polar surface area (TPSA) is 53.0 Å². The molecule has 0 aliphatic rings. The van der Waals surface area contributed by atoms with E-state index in [1.54, 1.807) is 11.3 Å². The second-order valence-electron chi connectivity index (χ2n) is 3.30. The molecule has 1 unspecified atom stereocenters. The van der Waals surface area contributed by atoms with Gasteiger partial charge in [0.25, 0.3) is 0 Å². The molecule has 0 aliphatic carbocycles. The molecule has 1 atom stereocenters. The lowest BCUT2D eigenvalue weighted by Crippen LogP contribution is -2.33. The van der Waals surface area contributed by atoms with Crippen molar-refractivity contribution in [1.82, 2.24) is 4.90 Å². The summed E-state index contributed by atoms with van der Waals surface area (Å²) in [4.78, 5) is 3.55. The lowest BCUT2D eigenvalue weighted by molar-refractivity contribution is 0.220. The highest BCUT2D eigenvalue weighted by Crippen LogP contribution is 2.23. The first-order chi connectivity index (χ1) is 7.33. The molecule has 1 aromatic rings. The molecule has 82 valence electrons.